The van der Waals surface area contributed by atoms with Gasteiger partial charge in [-0.05, 0) is 43.7 Å². The van der Waals surface area contributed by atoms with Gasteiger partial charge >= 0.3 is 0 Å². The van der Waals surface area contributed by atoms with Crippen LogP contribution < -0.4 is 4.74 Å². The van der Waals surface area contributed by atoms with Gasteiger partial charge in [0.15, 0.2) is 6.10 Å². The molecule has 3 aromatic rings. The fraction of sp³-hybridized carbons (Fsp3) is 0.273. The number of benzene rings is 2. The number of nitriles is 1. The van der Waals surface area contributed by atoms with E-state index in [1.807, 2.05) is 19.1 Å². The number of aromatic nitrogens is 2. The third kappa shape index (κ3) is 5.16. The summed E-state index contributed by atoms with van der Waals surface area (Å²) in [5, 5.41) is 17.6. The lowest BCUT2D eigenvalue weighted by Gasteiger charge is -2.24. The van der Waals surface area contributed by atoms with Crippen LogP contribution in [0.15, 0.2) is 52.9 Å². The summed E-state index contributed by atoms with van der Waals surface area (Å²) in [4.78, 5) is 14.6. The van der Waals surface area contributed by atoms with E-state index in [0.717, 1.165) is 6.42 Å². The van der Waals surface area contributed by atoms with Crippen molar-refractivity contribution in [3.05, 3.63) is 65.0 Å². The van der Waals surface area contributed by atoms with Gasteiger partial charge in [-0.2, -0.15) is 5.26 Å². The van der Waals surface area contributed by atoms with E-state index in [1.165, 1.54) is 0 Å². The Morgan fingerprint density at radius 1 is 1.27 bits per heavy atom. The van der Waals surface area contributed by atoms with Crippen molar-refractivity contribution in [3.63, 3.8) is 0 Å². The Balaban J connectivity index is 1.71. The number of hydrogen-bond acceptors (Lipinski definition) is 6. The maximum Gasteiger partial charge on any atom is 0.263 e. The second kappa shape index (κ2) is 9.90. The maximum atomic E-state index is 13.0. The smallest absolute Gasteiger partial charge is 0.263 e. The highest BCUT2D eigenvalue weighted by molar-refractivity contribution is 6.33. The normalized spacial score (nSPS) is 11.5. The van der Waals surface area contributed by atoms with E-state index < -0.39 is 6.10 Å². The summed E-state index contributed by atoms with van der Waals surface area (Å²) in [6.45, 7) is 4.32. The van der Waals surface area contributed by atoms with Crippen LogP contribution >= 0.6 is 11.6 Å². The van der Waals surface area contributed by atoms with Crippen LogP contribution in [0.1, 0.15) is 31.7 Å². The predicted octanol–water partition coefficient (Wildman–Crippen LogP) is 4.47. The molecule has 0 bridgehead atoms. The molecule has 1 heterocycles. The minimum atomic E-state index is -0.739. The number of carbonyl (C=O) groups excluding carboxylic acids is 1. The number of halogens is 1. The largest absolute Gasteiger partial charge is 0.481 e. The molecule has 0 aliphatic heterocycles. The minimum Gasteiger partial charge on any atom is -0.481 e. The number of nitrogens with zero attached hydrogens (tertiary/aromatic N) is 4. The first-order chi connectivity index (χ1) is 14.5. The summed E-state index contributed by atoms with van der Waals surface area (Å²) in [7, 11) is 0. The van der Waals surface area contributed by atoms with Crippen molar-refractivity contribution < 1.29 is 13.9 Å². The molecule has 1 unspecified atom stereocenters. The van der Waals surface area contributed by atoms with E-state index in [4.69, 9.17) is 26.0 Å². The van der Waals surface area contributed by atoms with Crippen LogP contribution in [0.25, 0.3) is 11.5 Å². The third-order valence-electron chi connectivity index (χ3n) is 4.33. The van der Waals surface area contributed by atoms with Gasteiger partial charge in [0.1, 0.15) is 5.75 Å². The molecule has 0 saturated carbocycles. The van der Waals surface area contributed by atoms with Crippen molar-refractivity contribution in [2.75, 3.05) is 6.54 Å². The van der Waals surface area contributed by atoms with Crippen molar-refractivity contribution in [2.24, 2.45) is 0 Å². The first kappa shape index (κ1) is 21.3. The average Bonchev–Trinajstić information content (AvgIpc) is 3.21. The number of rotatable bonds is 8. The molecule has 0 spiro atoms. The minimum absolute atomic E-state index is 0.163. The van der Waals surface area contributed by atoms with Crippen LogP contribution in [0.4, 0.5) is 0 Å². The predicted molar refractivity (Wildman–Crippen MR) is 112 cm³/mol. The SMILES string of the molecule is CCCN(Cc1nnc(-c2ccccc2Cl)o1)C(=O)C(C)Oc1cccc(C#N)c1. The van der Waals surface area contributed by atoms with E-state index in [-0.39, 0.29) is 12.5 Å². The molecule has 0 N–H and O–H groups in total. The molecule has 154 valence electrons. The highest BCUT2D eigenvalue weighted by atomic mass is 35.5. The molecule has 0 fully saturated rings. The first-order valence-corrected chi connectivity index (χ1v) is 9.92. The van der Waals surface area contributed by atoms with Crippen molar-refractivity contribution in [1.82, 2.24) is 15.1 Å². The van der Waals surface area contributed by atoms with Gasteiger partial charge in [-0.25, -0.2) is 0 Å². The van der Waals surface area contributed by atoms with Gasteiger partial charge < -0.3 is 14.1 Å². The number of amides is 1. The average molecular weight is 425 g/mol. The molecule has 1 atom stereocenters. The van der Waals surface area contributed by atoms with E-state index in [1.54, 1.807) is 48.2 Å². The Hall–Kier alpha value is -3.37. The second-order valence-electron chi connectivity index (χ2n) is 6.64. The van der Waals surface area contributed by atoms with E-state index >= 15 is 0 Å². The summed E-state index contributed by atoms with van der Waals surface area (Å²) in [5.41, 5.74) is 1.11. The van der Waals surface area contributed by atoms with Gasteiger partial charge in [-0.15, -0.1) is 10.2 Å². The zero-order valence-corrected chi connectivity index (χ0v) is 17.5. The van der Waals surface area contributed by atoms with Gasteiger partial charge in [0, 0.05) is 6.54 Å². The summed E-state index contributed by atoms with van der Waals surface area (Å²) < 4.78 is 11.5. The molecule has 30 heavy (non-hydrogen) atoms. The lowest BCUT2D eigenvalue weighted by molar-refractivity contribution is -0.139. The van der Waals surface area contributed by atoms with Crippen LogP contribution in [0.5, 0.6) is 5.75 Å². The fourth-order valence-corrected chi connectivity index (χ4v) is 3.13. The Bertz CT molecular complexity index is 1060. The molecule has 0 radical (unpaired) electrons. The third-order valence-corrected chi connectivity index (χ3v) is 4.66. The lowest BCUT2D eigenvalue weighted by atomic mass is 10.2. The van der Waals surface area contributed by atoms with Gasteiger partial charge in [-0.1, -0.05) is 36.7 Å². The Labute approximate surface area is 179 Å². The fourth-order valence-electron chi connectivity index (χ4n) is 2.91. The second-order valence-corrected chi connectivity index (χ2v) is 7.05. The molecule has 2 aromatic carbocycles. The molecular formula is C22H21ClN4O3. The monoisotopic (exact) mass is 424 g/mol. The number of ether oxygens (including phenoxy) is 1. The van der Waals surface area contributed by atoms with Crippen LogP contribution in [0, 0.1) is 11.3 Å². The topological polar surface area (TPSA) is 92.2 Å². The van der Waals surface area contributed by atoms with Crippen molar-refractivity contribution in [2.45, 2.75) is 32.9 Å². The first-order valence-electron chi connectivity index (χ1n) is 9.54. The van der Waals surface area contributed by atoms with Crippen LogP contribution in [-0.2, 0) is 11.3 Å². The summed E-state index contributed by atoms with van der Waals surface area (Å²) in [6, 6.07) is 15.9. The van der Waals surface area contributed by atoms with E-state index in [2.05, 4.69) is 16.3 Å². The van der Waals surface area contributed by atoms with E-state index in [9.17, 15) is 4.79 Å². The van der Waals surface area contributed by atoms with Gasteiger partial charge in [0.25, 0.3) is 5.91 Å². The Kier molecular flexibility index (Phi) is 7.04. The number of carbonyl (C=O) groups is 1. The van der Waals surface area contributed by atoms with Crippen molar-refractivity contribution in [1.29, 1.82) is 5.26 Å². The van der Waals surface area contributed by atoms with Crippen molar-refractivity contribution >= 4 is 17.5 Å². The van der Waals surface area contributed by atoms with Gasteiger partial charge in [0.2, 0.25) is 11.8 Å². The Morgan fingerprint density at radius 2 is 2.07 bits per heavy atom. The standard InChI is InChI=1S/C22H21ClN4O3/c1-3-11-27(22(28)15(2)29-17-8-6-7-16(12-17)13-24)14-20-25-26-21(30-20)18-9-4-5-10-19(18)23/h4-10,12,15H,3,11,14H2,1-2H3. The molecule has 1 aromatic heterocycles. The molecule has 8 heteroatoms. The highest BCUT2D eigenvalue weighted by Crippen LogP contribution is 2.26. The molecular weight excluding hydrogens is 404 g/mol. The summed E-state index contributed by atoms with van der Waals surface area (Å²) in [6.07, 6.45) is 0.0184. The van der Waals surface area contributed by atoms with E-state index in [0.29, 0.717) is 40.2 Å². The molecule has 0 saturated heterocycles. The summed E-state index contributed by atoms with van der Waals surface area (Å²) >= 11 is 6.19. The zero-order chi connectivity index (χ0) is 21.5. The number of hydrogen-bond donors (Lipinski definition) is 0. The van der Waals surface area contributed by atoms with Crippen LogP contribution in [-0.4, -0.2) is 33.7 Å². The maximum absolute atomic E-state index is 13.0. The highest BCUT2D eigenvalue weighted by Gasteiger charge is 2.24. The molecule has 7 nitrogen and oxygen atoms in total. The summed E-state index contributed by atoms with van der Waals surface area (Å²) in [5.74, 6) is 0.865. The quantitative estimate of drug-likeness (QED) is 0.529. The van der Waals surface area contributed by atoms with Crippen molar-refractivity contribution in [3.8, 4) is 23.3 Å². The van der Waals surface area contributed by atoms with Crippen LogP contribution in [0.3, 0.4) is 0 Å². The lowest BCUT2D eigenvalue weighted by Crippen LogP contribution is -2.40. The molecule has 0 aliphatic carbocycles. The van der Waals surface area contributed by atoms with Crippen LogP contribution in [0.2, 0.25) is 5.02 Å². The molecule has 0 aliphatic rings. The molecule has 1 amide bonds. The van der Waals surface area contributed by atoms with Gasteiger partial charge in [-0.3, -0.25) is 4.79 Å². The van der Waals surface area contributed by atoms with Gasteiger partial charge in [0.05, 0.1) is 28.8 Å². The Morgan fingerprint density at radius 3 is 2.80 bits per heavy atom. The zero-order valence-electron chi connectivity index (χ0n) is 16.7. The molecule has 3 rings (SSSR count).